The molecule has 1 atom stereocenters. The first-order chi connectivity index (χ1) is 13.2. The minimum absolute atomic E-state index is 0.239. The molecule has 1 heterocycles. The molecule has 0 unspecified atom stereocenters. The van der Waals surface area contributed by atoms with E-state index in [1.807, 2.05) is 5.43 Å². The van der Waals surface area contributed by atoms with Crippen LogP contribution < -0.4 is 16.6 Å². The van der Waals surface area contributed by atoms with Gasteiger partial charge in [-0.3, -0.25) is 19.8 Å². The molecule has 0 bridgehead atoms. The molecule has 1 aromatic carbocycles. The van der Waals surface area contributed by atoms with Gasteiger partial charge < -0.3 is 19.7 Å². The Bertz CT molecular complexity index is 716. The predicted octanol–water partition coefficient (Wildman–Crippen LogP) is 0.467. The molecule has 4 N–H and O–H groups in total. The maximum atomic E-state index is 12.9. The van der Waals surface area contributed by atoms with Crippen molar-refractivity contribution in [2.24, 2.45) is 5.84 Å². The van der Waals surface area contributed by atoms with Crippen LogP contribution in [0.25, 0.3) is 0 Å². The van der Waals surface area contributed by atoms with E-state index in [1.165, 1.54) is 19.1 Å². The van der Waals surface area contributed by atoms with Gasteiger partial charge in [0.15, 0.2) is 6.29 Å². The van der Waals surface area contributed by atoms with Gasteiger partial charge in [0.2, 0.25) is 5.91 Å². The third-order valence-electron chi connectivity index (χ3n) is 4.81. The Balaban J connectivity index is 2.12. The smallest absolute Gasteiger partial charge is 0.259 e. The first-order valence-corrected chi connectivity index (χ1v) is 9.04. The highest BCUT2D eigenvalue weighted by Crippen LogP contribution is 2.23. The summed E-state index contributed by atoms with van der Waals surface area (Å²) in [5.74, 6) is 4.02. The molecular formula is C19H28N4O5. The summed E-state index contributed by atoms with van der Waals surface area (Å²) in [5, 5.41) is 2.67. The SMILES string of the molecule is COC(OC)c1ccc(C(=O)N2CCC[C@@H]2C(=O)NC(C)(C)C(=O)NN)cc1. The molecule has 1 fully saturated rings. The molecule has 0 radical (unpaired) electrons. The van der Waals surface area contributed by atoms with Gasteiger partial charge in [0, 0.05) is 31.9 Å². The molecule has 1 saturated heterocycles. The van der Waals surface area contributed by atoms with Crippen molar-refractivity contribution in [3.05, 3.63) is 35.4 Å². The van der Waals surface area contributed by atoms with Crippen LogP contribution in [-0.4, -0.2) is 55.0 Å². The molecule has 0 spiro atoms. The van der Waals surface area contributed by atoms with Gasteiger partial charge in [-0.1, -0.05) is 12.1 Å². The van der Waals surface area contributed by atoms with E-state index in [-0.39, 0.29) is 11.8 Å². The van der Waals surface area contributed by atoms with Crippen molar-refractivity contribution in [2.45, 2.75) is 44.6 Å². The van der Waals surface area contributed by atoms with Gasteiger partial charge in [0.1, 0.15) is 11.6 Å². The normalized spacial score (nSPS) is 16.9. The maximum Gasteiger partial charge on any atom is 0.259 e. The average molecular weight is 392 g/mol. The second-order valence-corrected chi connectivity index (χ2v) is 7.17. The van der Waals surface area contributed by atoms with E-state index in [2.05, 4.69) is 5.32 Å². The van der Waals surface area contributed by atoms with E-state index in [9.17, 15) is 14.4 Å². The molecule has 28 heavy (non-hydrogen) atoms. The minimum atomic E-state index is -1.18. The van der Waals surface area contributed by atoms with Crippen molar-refractivity contribution in [1.29, 1.82) is 0 Å². The van der Waals surface area contributed by atoms with E-state index < -0.39 is 23.8 Å². The fourth-order valence-electron chi connectivity index (χ4n) is 3.23. The van der Waals surface area contributed by atoms with Gasteiger partial charge in [-0.15, -0.1) is 0 Å². The number of benzene rings is 1. The van der Waals surface area contributed by atoms with E-state index in [0.29, 0.717) is 24.9 Å². The number of rotatable bonds is 7. The Morgan fingerprint density at radius 3 is 2.32 bits per heavy atom. The van der Waals surface area contributed by atoms with Crippen LogP contribution >= 0.6 is 0 Å². The molecule has 1 aliphatic rings. The van der Waals surface area contributed by atoms with Crippen LogP contribution in [0.2, 0.25) is 0 Å². The quantitative estimate of drug-likeness (QED) is 0.268. The van der Waals surface area contributed by atoms with Crippen LogP contribution in [0.15, 0.2) is 24.3 Å². The summed E-state index contributed by atoms with van der Waals surface area (Å²) in [5.41, 5.74) is 2.10. The average Bonchev–Trinajstić information content (AvgIpc) is 3.18. The summed E-state index contributed by atoms with van der Waals surface area (Å²) in [6.07, 6.45) is 0.733. The number of amides is 3. The number of hydrogen-bond donors (Lipinski definition) is 3. The molecule has 0 aliphatic carbocycles. The van der Waals surface area contributed by atoms with Gasteiger partial charge in [-0.2, -0.15) is 0 Å². The molecule has 0 saturated carbocycles. The van der Waals surface area contributed by atoms with Crippen molar-refractivity contribution in [2.75, 3.05) is 20.8 Å². The number of nitrogens with two attached hydrogens (primary N) is 1. The lowest BCUT2D eigenvalue weighted by atomic mass is 10.0. The minimum Gasteiger partial charge on any atom is -0.352 e. The van der Waals surface area contributed by atoms with E-state index >= 15 is 0 Å². The van der Waals surface area contributed by atoms with Gasteiger partial charge >= 0.3 is 0 Å². The summed E-state index contributed by atoms with van der Waals surface area (Å²) < 4.78 is 10.4. The molecule has 0 aromatic heterocycles. The van der Waals surface area contributed by atoms with Crippen LogP contribution in [-0.2, 0) is 19.1 Å². The lowest BCUT2D eigenvalue weighted by Crippen LogP contribution is -2.59. The van der Waals surface area contributed by atoms with Gasteiger partial charge in [-0.05, 0) is 38.8 Å². The third kappa shape index (κ3) is 4.67. The van der Waals surface area contributed by atoms with E-state index in [4.69, 9.17) is 15.3 Å². The fourth-order valence-corrected chi connectivity index (χ4v) is 3.23. The first kappa shape index (κ1) is 21.8. The summed E-state index contributed by atoms with van der Waals surface area (Å²) in [7, 11) is 3.07. The van der Waals surface area contributed by atoms with E-state index in [1.54, 1.807) is 38.1 Å². The maximum absolute atomic E-state index is 12.9. The van der Waals surface area contributed by atoms with Crippen molar-refractivity contribution in [3.63, 3.8) is 0 Å². The number of methoxy groups -OCH3 is 2. The van der Waals surface area contributed by atoms with Crippen molar-refractivity contribution < 1.29 is 23.9 Å². The molecule has 9 heteroatoms. The molecule has 154 valence electrons. The highest BCUT2D eigenvalue weighted by atomic mass is 16.7. The van der Waals surface area contributed by atoms with Crippen molar-refractivity contribution in [3.8, 4) is 0 Å². The van der Waals surface area contributed by atoms with Crippen LogP contribution in [0.1, 0.15) is 48.9 Å². The number of hydrogen-bond acceptors (Lipinski definition) is 6. The second-order valence-electron chi connectivity index (χ2n) is 7.17. The summed E-state index contributed by atoms with van der Waals surface area (Å²) in [4.78, 5) is 38.9. The van der Waals surface area contributed by atoms with Crippen LogP contribution in [0.5, 0.6) is 0 Å². The topological polar surface area (TPSA) is 123 Å². The largest absolute Gasteiger partial charge is 0.352 e. The Labute approximate surface area is 164 Å². The molecular weight excluding hydrogens is 364 g/mol. The number of hydrazine groups is 1. The highest BCUT2D eigenvalue weighted by Gasteiger charge is 2.38. The number of nitrogens with one attached hydrogen (secondary N) is 2. The second kappa shape index (κ2) is 9.13. The van der Waals surface area contributed by atoms with E-state index in [0.717, 1.165) is 5.56 Å². The molecule has 2 rings (SSSR count). The zero-order chi connectivity index (χ0) is 20.9. The van der Waals surface area contributed by atoms with Gasteiger partial charge in [-0.25, -0.2) is 5.84 Å². The number of carbonyl (C=O) groups is 3. The van der Waals surface area contributed by atoms with Crippen molar-refractivity contribution in [1.82, 2.24) is 15.6 Å². The lowest BCUT2D eigenvalue weighted by Gasteiger charge is -2.29. The summed E-state index contributed by atoms with van der Waals surface area (Å²) in [6.45, 7) is 3.57. The zero-order valence-corrected chi connectivity index (χ0v) is 16.7. The standard InChI is InChI=1S/C19H28N4O5/c1-19(2,18(26)22-20)21-15(24)14-6-5-11-23(14)16(25)12-7-9-13(10-8-12)17(27-3)28-4/h7-10,14,17H,5-6,11,20H2,1-4H3,(H,21,24)(H,22,26)/t14-/m1/s1. The third-order valence-corrected chi connectivity index (χ3v) is 4.81. The first-order valence-electron chi connectivity index (χ1n) is 9.04. The number of ether oxygens (including phenoxy) is 2. The molecule has 9 nitrogen and oxygen atoms in total. The van der Waals surface area contributed by atoms with Crippen LogP contribution in [0.3, 0.4) is 0 Å². The monoisotopic (exact) mass is 392 g/mol. The van der Waals surface area contributed by atoms with Crippen molar-refractivity contribution >= 4 is 17.7 Å². The van der Waals surface area contributed by atoms with Gasteiger partial charge in [0.25, 0.3) is 11.8 Å². The Morgan fingerprint density at radius 1 is 1.18 bits per heavy atom. The lowest BCUT2D eigenvalue weighted by molar-refractivity contribution is -0.134. The molecule has 3 amide bonds. The molecule has 1 aromatic rings. The fraction of sp³-hybridized carbons (Fsp3) is 0.526. The van der Waals surface area contributed by atoms with Crippen LogP contribution in [0, 0.1) is 0 Å². The Hall–Kier alpha value is -2.49. The number of likely N-dealkylation sites (tertiary alicyclic amines) is 1. The highest BCUT2D eigenvalue weighted by molar-refractivity contribution is 5.99. The van der Waals surface area contributed by atoms with Crippen LogP contribution in [0.4, 0.5) is 0 Å². The Morgan fingerprint density at radius 2 is 1.79 bits per heavy atom. The number of nitrogens with zero attached hydrogens (tertiary/aromatic N) is 1. The Kier molecular flexibility index (Phi) is 7.11. The molecule has 1 aliphatic heterocycles. The summed E-state index contributed by atoms with van der Waals surface area (Å²) >= 11 is 0. The predicted molar refractivity (Wildman–Crippen MR) is 102 cm³/mol. The number of carbonyl (C=O) groups excluding carboxylic acids is 3. The summed E-state index contributed by atoms with van der Waals surface area (Å²) in [6, 6.07) is 6.24. The van der Waals surface area contributed by atoms with Gasteiger partial charge in [0.05, 0.1) is 0 Å². The zero-order valence-electron chi connectivity index (χ0n) is 16.7.